The Bertz CT molecular complexity index is 1100. The van der Waals surface area contributed by atoms with Crippen molar-refractivity contribution >= 4 is 16.9 Å². The molecule has 27 heavy (non-hydrogen) atoms. The van der Waals surface area contributed by atoms with Crippen molar-refractivity contribution in [1.82, 2.24) is 19.4 Å². The summed E-state index contributed by atoms with van der Waals surface area (Å²) in [5.74, 6) is 0.450. The van der Waals surface area contributed by atoms with Gasteiger partial charge in [0.05, 0.1) is 17.5 Å². The van der Waals surface area contributed by atoms with E-state index >= 15 is 0 Å². The molecule has 8 nitrogen and oxygen atoms in total. The molecule has 0 aliphatic heterocycles. The number of carbonyl (C=O) groups excluding carboxylic acids is 1. The number of ether oxygens (including phenoxy) is 1. The zero-order chi connectivity index (χ0) is 19.6. The van der Waals surface area contributed by atoms with Gasteiger partial charge in [-0.3, -0.25) is 19.1 Å². The number of benzene rings is 1. The summed E-state index contributed by atoms with van der Waals surface area (Å²) in [5.41, 5.74) is 0.520. The van der Waals surface area contributed by atoms with E-state index in [4.69, 9.17) is 4.74 Å². The number of aromatic nitrogens is 3. The molecular weight excluding hydrogens is 348 g/mol. The fourth-order valence-corrected chi connectivity index (χ4v) is 2.61. The minimum atomic E-state index is -0.569. The molecule has 140 valence electrons. The molecule has 1 aromatic carbocycles. The van der Waals surface area contributed by atoms with Crippen LogP contribution >= 0.6 is 0 Å². The predicted molar refractivity (Wildman–Crippen MR) is 101 cm³/mol. The van der Waals surface area contributed by atoms with Crippen molar-refractivity contribution in [2.24, 2.45) is 7.05 Å². The van der Waals surface area contributed by atoms with Crippen LogP contribution in [0, 0.1) is 6.92 Å². The fourth-order valence-electron chi connectivity index (χ4n) is 2.61. The second kappa shape index (κ2) is 7.45. The highest BCUT2D eigenvalue weighted by Crippen LogP contribution is 2.12. The lowest BCUT2D eigenvalue weighted by molar-refractivity contribution is 0.0773. The molecular formula is C19H20N4O4. The Labute approximate surface area is 155 Å². The highest BCUT2D eigenvalue weighted by Gasteiger charge is 2.15. The number of likely N-dealkylation sites (N-methyl/N-ethyl adjacent to an activating group) is 1. The van der Waals surface area contributed by atoms with Gasteiger partial charge in [0.15, 0.2) is 0 Å². The number of hydrogen-bond donors (Lipinski definition) is 1. The van der Waals surface area contributed by atoms with Crippen LogP contribution in [0.2, 0.25) is 0 Å². The SMILES string of the molecule is Cc1ccc(OCCN(C)C(=O)c2cnc3c(c2)c(=O)[nH]c(=O)n3C)cc1. The van der Waals surface area contributed by atoms with Crippen LogP contribution < -0.4 is 16.0 Å². The molecule has 0 atom stereocenters. The first kappa shape index (κ1) is 18.4. The van der Waals surface area contributed by atoms with Crippen LogP contribution in [0.15, 0.2) is 46.1 Å². The normalized spacial score (nSPS) is 10.8. The number of aryl methyl sites for hydroxylation is 2. The predicted octanol–water partition coefficient (Wildman–Crippen LogP) is 1.08. The van der Waals surface area contributed by atoms with E-state index in [0.717, 1.165) is 11.3 Å². The zero-order valence-corrected chi connectivity index (χ0v) is 15.4. The van der Waals surface area contributed by atoms with Crippen molar-refractivity contribution in [1.29, 1.82) is 0 Å². The van der Waals surface area contributed by atoms with Crippen LogP contribution in [0.1, 0.15) is 15.9 Å². The van der Waals surface area contributed by atoms with Crippen molar-refractivity contribution in [2.45, 2.75) is 6.92 Å². The van der Waals surface area contributed by atoms with Gasteiger partial charge >= 0.3 is 5.69 Å². The van der Waals surface area contributed by atoms with Crippen LogP contribution in [0.4, 0.5) is 0 Å². The quantitative estimate of drug-likeness (QED) is 0.727. The lowest BCUT2D eigenvalue weighted by atomic mass is 10.2. The van der Waals surface area contributed by atoms with Crippen molar-refractivity contribution < 1.29 is 9.53 Å². The molecule has 0 aliphatic rings. The van der Waals surface area contributed by atoms with Gasteiger partial charge in [-0.15, -0.1) is 0 Å². The standard InChI is InChI=1S/C19H20N4O4/c1-12-4-6-14(7-5-12)27-9-8-22(2)18(25)13-10-15-16(20-11-13)23(3)19(26)21-17(15)24/h4-7,10-11H,8-9H2,1-3H3,(H,21,24,26). The van der Waals surface area contributed by atoms with Gasteiger partial charge in [-0.05, 0) is 25.1 Å². The van der Waals surface area contributed by atoms with Crippen LogP contribution in [0.5, 0.6) is 5.75 Å². The molecule has 0 fully saturated rings. The van der Waals surface area contributed by atoms with E-state index < -0.39 is 11.2 Å². The summed E-state index contributed by atoms with van der Waals surface area (Å²) in [6.45, 7) is 2.70. The summed E-state index contributed by atoms with van der Waals surface area (Å²) >= 11 is 0. The summed E-state index contributed by atoms with van der Waals surface area (Å²) in [6, 6.07) is 9.10. The summed E-state index contributed by atoms with van der Waals surface area (Å²) in [4.78, 5) is 44.0. The average Bonchev–Trinajstić information content (AvgIpc) is 2.66. The van der Waals surface area contributed by atoms with E-state index in [1.165, 1.54) is 28.8 Å². The zero-order valence-electron chi connectivity index (χ0n) is 15.4. The van der Waals surface area contributed by atoms with Gasteiger partial charge in [-0.1, -0.05) is 17.7 Å². The molecule has 0 aliphatic carbocycles. The number of fused-ring (bicyclic) bond motifs is 1. The molecule has 0 radical (unpaired) electrons. The van der Waals surface area contributed by atoms with Crippen LogP contribution in [0.3, 0.4) is 0 Å². The lowest BCUT2D eigenvalue weighted by Crippen LogP contribution is -2.32. The minimum absolute atomic E-state index is 0.187. The lowest BCUT2D eigenvalue weighted by Gasteiger charge is -2.17. The largest absolute Gasteiger partial charge is 0.492 e. The highest BCUT2D eigenvalue weighted by molar-refractivity contribution is 5.96. The van der Waals surface area contributed by atoms with Crippen molar-refractivity contribution in [2.75, 3.05) is 20.2 Å². The van der Waals surface area contributed by atoms with Crippen molar-refractivity contribution in [3.8, 4) is 5.75 Å². The van der Waals surface area contributed by atoms with E-state index in [0.29, 0.717) is 13.2 Å². The molecule has 1 N–H and O–H groups in total. The Kier molecular flexibility index (Phi) is 5.07. The first-order valence-electron chi connectivity index (χ1n) is 8.41. The molecule has 3 aromatic rings. The molecule has 0 bridgehead atoms. The molecule has 3 rings (SSSR count). The molecule has 0 unspecified atom stereocenters. The third-order valence-electron chi connectivity index (χ3n) is 4.26. The molecule has 2 aromatic heterocycles. The second-order valence-electron chi connectivity index (χ2n) is 6.30. The number of nitrogens with one attached hydrogen (secondary N) is 1. The third kappa shape index (κ3) is 3.89. The molecule has 0 spiro atoms. The summed E-state index contributed by atoms with van der Waals surface area (Å²) in [5, 5.41) is 0.187. The molecule has 8 heteroatoms. The monoisotopic (exact) mass is 368 g/mol. The first-order valence-corrected chi connectivity index (χ1v) is 8.41. The Hall–Kier alpha value is -3.42. The smallest absolute Gasteiger partial charge is 0.329 e. The number of H-pyrrole nitrogens is 1. The second-order valence-corrected chi connectivity index (χ2v) is 6.30. The van der Waals surface area contributed by atoms with E-state index in [-0.39, 0.29) is 22.5 Å². The third-order valence-corrected chi connectivity index (χ3v) is 4.26. The molecule has 0 saturated carbocycles. The van der Waals surface area contributed by atoms with Gasteiger partial charge in [0, 0.05) is 20.3 Å². The van der Waals surface area contributed by atoms with Crippen LogP contribution in [0.25, 0.3) is 11.0 Å². The van der Waals surface area contributed by atoms with Crippen LogP contribution in [-0.2, 0) is 7.05 Å². The Morgan fingerprint density at radius 1 is 1.26 bits per heavy atom. The van der Waals surface area contributed by atoms with E-state index in [1.807, 2.05) is 31.2 Å². The minimum Gasteiger partial charge on any atom is -0.492 e. The van der Waals surface area contributed by atoms with Gasteiger partial charge < -0.3 is 9.64 Å². The average molecular weight is 368 g/mol. The summed E-state index contributed by atoms with van der Waals surface area (Å²) < 4.78 is 6.86. The van der Waals surface area contributed by atoms with Gasteiger partial charge in [0.25, 0.3) is 11.5 Å². The molecule has 0 saturated heterocycles. The van der Waals surface area contributed by atoms with Crippen LogP contribution in [-0.4, -0.2) is 45.5 Å². The number of amides is 1. The number of aromatic amines is 1. The number of carbonyl (C=O) groups is 1. The maximum Gasteiger partial charge on any atom is 0.329 e. The molecule has 2 heterocycles. The number of pyridine rings is 1. The van der Waals surface area contributed by atoms with E-state index in [9.17, 15) is 14.4 Å². The van der Waals surface area contributed by atoms with Crippen molar-refractivity contribution in [3.05, 3.63) is 68.5 Å². The summed E-state index contributed by atoms with van der Waals surface area (Å²) in [7, 11) is 3.15. The van der Waals surface area contributed by atoms with E-state index in [1.54, 1.807) is 7.05 Å². The maximum absolute atomic E-state index is 12.6. The molecule has 1 amide bonds. The van der Waals surface area contributed by atoms with E-state index in [2.05, 4.69) is 9.97 Å². The summed E-state index contributed by atoms with van der Waals surface area (Å²) in [6.07, 6.45) is 1.36. The highest BCUT2D eigenvalue weighted by atomic mass is 16.5. The Morgan fingerprint density at radius 3 is 2.67 bits per heavy atom. The number of hydrogen-bond acceptors (Lipinski definition) is 5. The fraction of sp³-hybridized carbons (Fsp3) is 0.263. The Morgan fingerprint density at radius 2 is 1.96 bits per heavy atom. The number of rotatable bonds is 5. The van der Waals surface area contributed by atoms with Crippen molar-refractivity contribution in [3.63, 3.8) is 0 Å². The topological polar surface area (TPSA) is 97.3 Å². The van der Waals surface area contributed by atoms with Gasteiger partial charge in [-0.2, -0.15) is 0 Å². The number of nitrogens with zero attached hydrogens (tertiary/aromatic N) is 3. The van der Waals surface area contributed by atoms with Gasteiger partial charge in [0.1, 0.15) is 18.0 Å². The first-order chi connectivity index (χ1) is 12.9. The maximum atomic E-state index is 12.6. The Balaban J connectivity index is 1.72. The van der Waals surface area contributed by atoms with Gasteiger partial charge in [-0.25, -0.2) is 9.78 Å². The van der Waals surface area contributed by atoms with Gasteiger partial charge in [0.2, 0.25) is 0 Å².